The standard InChI is InChI=1S/C17H16F3NO4/c1-2-14-13(7-8-25-14)16(24)21(10-15(22)23)9-11-3-5-12(6-4-11)17(18,19)20/h3-8H,2,9-10H2,1H3,(H,22,23). The molecule has 134 valence electrons. The maximum Gasteiger partial charge on any atom is 0.416 e. The fraction of sp³-hybridized carbons (Fsp3) is 0.294. The predicted molar refractivity (Wildman–Crippen MR) is 81.9 cm³/mol. The predicted octanol–water partition coefficient (Wildman–Crippen LogP) is 3.59. The van der Waals surface area contributed by atoms with Gasteiger partial charge in [0.2, 0.25) is 0 Å². The minimum absolute atomic E-state index is 0.127. The van der Waals surface area contributed by atoms with Gasteiger partial charge in [-0.3, -0.25) is 9.59 Å². The molecule has 0 fully saturated rings. The van der Waals surface area contributed by atoms with E-state index in [1.54, 1.807) is 6.92 Å². The van der Waals surface area contributed by atoms with Gasteiger partial charge in [-0.1, -0.05) is 19.1 Å². The van der Waals surface area contributed by atoms with Crippen LogP contribution < -0.4 is 0 Å². The van der Waals surface area contributed by atoms with Gasteiger partial charge in [-0.25, -0.2) is 0 Å². The van der Waals surface area contributed by atoms with Crippen molar-refractivity contribution in [3.8, 4) is 0 Å². The van der Waals surface area contributed by atoms with Crippen LogP contribution in [0.3, 0.4) is 0 Å². The lowest BCUT2D eigenvalue weighted by molar-refractivity contribution is -0.138. The Hall–Kier alpha value is -2.77. The molecule has 0 unspecified atom stereocenters. The van der Waals surface area contributed by atoms with Crippen LogP contribution in [0.4, 0.5) is 13.2 Å². The van der Waals surface area contributed by atoms with E-state index in [-0.39, 0.29) is 12.1 Å². The molecule has 0 saturated carbocycles. The number of carbonyl (C=O) groups excluding carboxylic acids is 1. The molecule has 0 radical (unpaired) electrons. The summed E-state index contributed by atoms with van der Waals surface area (Å²) in [7, 11) is 0. The van der Waals surface area contributed by atoms with Crippen LogP contribution in [0.5, 0.6) is 0 Å². The van der Waals surface area contributed by atoms with Gasteiger partial charge in [0.25, 0.3) is 5.91 Å². The highest BCUT2D eigenvalue weighted by molar-refractivity contribution is 5.96. The molecule has 25 heavy (non-hydrogen) atoms. The Labute approximate surface area is 141 Å². The quantitative estimate of drug-likeness (QED) is 0.860. The van der Waals surface area contributed by atoms with E-state index in [1.165, 1.54) is 24.5 Å². The lowest BCUT2D eigenvalue weighted by atomic mass is 10.1. The van der Waals surface area contributed by atoms with Gasteiger partial charge in [-0.15, -0.1) is 0 Å². The Kier molecular flexibility index (Phi) is 5.51. The molecular weight excluding hydrogens is 339 g/mol. The molecule has 2 rings (SSSR count). The van der Waals surface area contributed by atoms with E-state index in [1.807, 2.05) is 0 Å². The number of carbonyl (C=O) groups is 2. The number of aryl methyl sites for hydroxylation is 1. The molecule has 1 heterocycles. The summed E-state index contributed by atoms with van der Waals surface area (Å²) >= 11 is 0. The normalized spacial score (nSPS) is 11.4. The first-order valence-electron chi connectivity index (χ1n) is 7.46. The van der Waals surface area contributed by atoms with Gasteiger partial charge >= 0.3 is 12.1 Å². The molecule has 2 aromatic rings. The Morgan fingerprint density at radius 2 is 1.80 bits per heavy atom. The lowest BCUT2D eigenvalue weighted by Gasteiger charge is -2.21. The molecule has 1 aromatic heterocycles. The number of furan rings is 1. The van der Waals surface area contributed by atoms with Crippen LogP contribution in [0, 0.1) is 0 Å². The maximum atomic E-state index is 12.6. The zero-order chi connectivity index (χ0) is 18.6. The van der Waals surface area contributed by atoms with Crippen molar-refractivity contribution in [1.82, 2.24) is 4.90 Å². The topological polar surface area (TPSA) is 70.8 Å². The Morgan fingerprint density at radius 3 is 2.32 bits per heavy atom. The molecule has 1 aromatic carbocycles. The van der Waals surface area contributed by atoms with Gasteiger partial charge in [0, 0.05) is 13.0 Å². The van der Waals surface area contributed by atoms with Crippen molar-refractivity contribution >= 4 is 11.9 Å². The summed E-state index contributed by atoms with van der Waals surface area (Å²) in [5, 5.41) is 9.02. The highest BCUT2D eigenvalue weighted by Crippen LogP contribution is 2.29. The van der Waals surface area contributed by atoms with Crippen molar-refractivity contribution in [1.29, 1.82) is 0 Å². The van der Waals surface area contributed by atoms with E-state index >= 15 is 0 Å². The first kappa shape index (κ1) is 18.6. The number of rotatable bonds is 6. The van der Waals surface area contributed by atoms with Gasteiger partial charge in [0.1, 0.15) is 12.3 Å². The Bertz CT molecular complexity index is 750. The third-order valence-electron chi connectivity index (χ3n) is 3.56. The van der Waals surface area contributed by atoms with Crippen LogP contribution in [0.25, 0.3) is 0 Å². The van der Waals surface area contributed by atoms with E-state index in [0.717, 1.165) is 17.0 Å². The van der Waals surface area contributed by atoms with Crippen LogP contribution >= 0.6 is 0 Å². The molecular formula is C17H16F3NO4. The molecule has 0 atom stereocenters. The van der Waals surface area contributed by atoms with Crippen molar-refractivity contribution in [2.75, 3.05) is 6.54 Å². The van der Waals surface area contributed by atoms with Gasteiger partial charge < -0.3 is 14.4 Å². The molecule has 0 aliphatic carbocycles. The summed E-state index contributed by atoms with van der Waals surface area (Å²) in [6.07, 6.45) is -2.67. The highest BCUT2D eigenvalue weighted by atomic mass is 19.4. The van der Waals surface area contributed by atoms with Crippen molar-refractivity contribution in [3.05, 3.63) is 59.0 Å². The molecule has 1 amide bonds. The van der Waals surface area contributed by atoms with Crippen molar-refractivity contribution in [2.24, 2.45) is 0 Å². The third kappa shape index (κ3) is 4.62. The first-order chi connectivity index (χ1) is 11.7. The molecule has 0 aliphatic heterocycles. The minimum atomic E-state index is -4.46. The van der Waals surface area contributed by atoms with Gasteiger partial charge in [-0.2, -0.15) is 13.2 Å². The summed E-state index contributed by atoms with van der Waals surface area (Å²) < 4.78 is 43.0. The molecule has 8 heteroatoms. The van der Waals surface area contributed by atoms with Crippen LogP contribution in [0.2, 0.25) is 0 Å². The van der Waals surface area contributed by atoms with Crippen molar-refractivity contribution in [2.45, 2.75) is 26.1 Å². The summed E-state index contributed by atoms with van der Waals surface area (Å²) in [6.45, 7) is 1.08. The number of hydrogen-bond acceptors (Lipinski definition) is 3. The SMILES string of the molecule is CCc1occc1C(=O)N(CC(=O)O)Cc1ccc(C(F)(F)F)cc1. The molecule has 0 bridgehead atoms. The van der Waals surface area contributed by atoms with Crippen LogP contribution in [-0.4, -0.2) is 28.4 Å². The number of halogens is 3. The highest BCUT2D eigenvalue weighted by Gasteiger charge is 2.30. The molecule has 1 N–H and O–H groups in total. The van der Waals surface area contributed by atoms with E-state index in [4.69, 9.17) is 9.52 Å². The van der Waals surface area contributed by atoms with E-state index in [0.29, 0.717) is 17.7 Å². The summed E-state index contributed by atoms with van der Waals surface area (Å²) in [5.41, 5.74) is -0.171. The fourth-order valence-corrected chi connectivity index (χ4v) is 2.36. The Balaban J connectivity index is 2.23. The van der Waals surface area contributed by atoms with Crippen LogP contribution in [0.1, 0.15) is 34.2 Å². The van der Waals surface area contributed by atoms with Crippen LogP contribution in [0.15, 0.2) is 41.0 Å². The number of aliphatic carboxylic acids is 1. The first-order valence-corrected chi connectivity index (χ1v) is 7.46. The zero-order valence-electron chi connectivity index (χ0n) is 13.3. The maximum absolute atomic E-state index is 12.6. The van der Waals surface area contributed by atoms with Crippen molar-refractivity contribution < 1.29 is 32.3 Å². The largest absolute Gasteiger partial charge is 0.480 e. The number of carboxylic acid groups (broad SMARTS) is 1. The molecule has 0 spiro atoms. The van der Waals surface area contributed by atoms with Crippen LogP contribution in [-0.2, 0) is 23.9 Å². The number of amides is 1. The average Bonchev–Trinajstić information content (AvgIpc) is 3.01. The van der Waals surface area contributed by atoms with Crippen molar-refractivity contribution in [3.63, 3.8) is 0 Å². The number of alkyl halides is 3. The fourth-order valence-electron chi connectivity index (χ4n) is 2.36. The monoisotopic (exact) mass is 355 g/mol. The minimum Gasteiger partial charge on any atom is -0.480 e. The van der Waals surface area contributed by atoms with E-state index < -0.39 is 30.2 Å². The van der Waals surface area contributed by atoms with Gasteiger partial charge in [0.05, 0.1) is 17.4 Å². The number of nitrogens with zero attached hydrogens (tertiary/aromatic N) is 1. The number of carboxylic acids is 1. The van der Waals surface area contributed by atoms with E-state index in [9.17, 15) is 22.8 Å². The van der Waals surface area contributed by atoms with Gasteiger partial charge in [-0.05, 0) is 23.8 Å². The second-order valence-electron chi connectivity index (χ2n) is 5.36. The average molecular weight is 355 g/mol. The molecule has 0 saturated heterocycles. The third-order valence-corrected chi connectivity index (χ3v) is 3.56. The number of benzene rings is 1. The summed E-state index contributed by atoms with van der Waals surface area (Å²) in [4.78, 5) is 24.7. The Morgan fingerprint density at radius 1 is 1.16 bits per heavy atom. The molecule has 5 nitrogen and oxygen atoms in total. The molecule has 0 aliphatic rings. The number of hydrogen-bond donors (Lipinski definition) is 1. The lowest BCUT2D eigenvalue weighted by Crippen LogP contribution is -2.35. The summed E-state index contributed by atoms with van der Waals surface area (Å²) in [5.74, 6) is -1.34. The zero-order valence-corrected chi connectivity index (χ0v) is 13.3. The smallest absolute Gasteiger partial charge is 0.416 e. The van der Waals surface area contributed by atoms with Gasteiger partial charge in [0.15, 0.2) is 0 Å². The second-order valence-corrected chi connectivity index (χ2v) is 5.36. The second kappa shape index (κ2) is 7.42. The summed E-state index contributed by atoms with van der Waals surface area (Å²) in [6, 6.07) is 5.69. The van der Waals surface area contributed by atoms with E-state index in [2.05, 4.69) is 0 Å².